The molecule has 2 saturated carbocycles. The van der Waals surface area contributed by atoms with E-state index in [-0.39, 0.29) is 0 Å². The molecule has 2 aliphatic carbocycles. The van der Waals surface area contributed by atoms with Crippen molar-refractivity contribution in [2.75, 3.05) is 6.54 Å². The molecule has 1 saturated heterocycles. The van der Waals surface area contributed by atoms with Crippen LogP contribution in [0.25, 0.3) is 0 Å². The minimum Gasteiger partial charge on any atom is -0.314 e. The molecule has 5 unspecified atom stereocenters. The van der Waals surface area contributed by atoms with E-state index in [2.05, 4.69) is 24.5 Å². The normalized spacial score (nSPS) is 46.5. The van der Waals surface area contributed by atoms with Gasteiger partial charge in [-0.15, -0.1) is 0 Å². The van der Waals surface area contributed by atoms with E-state index < -0.39 is 0 Å². The average molecular weight is 278 g/mol. The van der Waals surface area contributed by atoms with Gasteiger partial charge in [0, 0.05) is 18.1 Å². The van der Waals surface area contributed by atoms with Crippen molar-refractivity contribution < 1.29 is 0 Å². The third-order valence-electron chi connectivity index (χ3n) is 6.06. The molecule has 0 bridgehead atoms. The summed E-state index contributed by atoms with van der Waals surface area (Å²) in [5.41, 5.74) is 0. The molecule has 20 heavy (non-hydrogen) atoms. The maximum Gasteiger partial charge on any atom is 0.0113 e. The van der Waals surface area contributed by atoms with E-state index in [0.29, 0.717) is 0 Å². The second-order valence-electron chi connectivity index (χ2n) is 8.04. The van der Waals surface area contributed by atoms with Crippen LogP contribution >= 0.6 is 0 Å². The molecule has 3 rings (SSSR count). The molecule has 2 N–H and O–H groups in total. The monoisotopic (exact) mass is 278 g/mol. The number of hydrogen-bond acceptors (Lipinski definition) is 2. The Balaban J connectivity index is 1.55. The minimum atomic E-state index is 0.794. The zero-order chi connectivity index (χ0) is 13.9. The average Bonchev–Trinajstić information content (AvgIpc) is 2.86. The quantitative estimate of drug-likeness (QED) is 0.822. The van der Waals surface area contributed by atoms with Crippen LogP contribution in [0.4, 0.5) is 0 Å². The molecule has 1 heterocycles. The molecular formula is C18H34N2. The van der Waals surface area contributed by atoms with Crippen molar-refractivity contribution in [3.8, 4) is 0 Å². The molecule has 1 aliphatic heterocycles. The topological polar surface area (TPSA) is 24.1 Å². The highest BCUT2D eigenvalue weighted by atomic mass is 15.0. The first-order valence-electron chi connectivity index (χ1n) is 9.22. The smallest absolute Gasteiger partial charge is 0.0113 e. The van der Waals surface area contributed by atoms with Crippen molar-refractivity contribution in [2.24, 2.45) is 17.8 Å². The molecule has 0 aromatic heterocycles. The van der Waals surface area contributed by atoms with Gasteiger partial charge in [0.2, 0.25) is 0 Å². The molecular weight excluding hydrogens is 244 g/mol. The first-order valence-corrected chi connectivity index (χ1v) is 9.22. The van der Waals surface area contributed by atoms with Gasteiger partial charge in [-0.3, -0.25) is 0 Å². The molecule has 0 radical (unpaired) electrons. The zero-order valence-corrected chi connectivity index (χ0v) is 13.5. The molecule has 3 fully saturated rings. The molecule has 3 aliphatic rings. The van der Waals surface area contributed by atoms with Gasteiger partial charge in [-0.2, -0.15) is 0 Å². The van der Waals surface area contributed by atoms with Crippen LogP contribution in [-0.2, 0) is 0 Å². The standard InChI is InChI=1S/C18H34N2/c1-13-10-14(2)12-15(11-13)20-18-8-5-6-16(18)17-7-3-4-9-19-17/h13-20H,3-12H2,1-2H3. The van der Waals surface area contributed by atoms with E-state index in [1.807, 2.05) is 0 Å². The molecule has 2 nitrogen and oxygen atoms in total. The van der Waals surface area contributed by atoms with Crippen molar-refractivity contribution in [2.45, 2.75) is 89.8 Å². The third kappa shape index (κ3) is 3.57. The van der Waals surface area contributed by atoms with Gasteiger partial charge in [-0.1, -0.05) is 26.7 Å². The molecule has 0 aromatic rings. The Morgan fingerprint density at radius 3 is 2.35 bits per heavy atom. The summed E-state index contributed by atoms with van der Waals surface area (Å²) in [5, 5.41) is 7.89. The lowest BCUT2D eigenvalue weighted by Gasteiger charge is -2.38. The van der Waals surface area contributed by atoms with Crippen LogP contribution in [0.2, 0.25) is 0 Å². The summed E-state index contributed by atoms with van der Waals surface area (Å²) in [4.78, 5) is 0. The van der Waals surface area contributed by atoms with Gasteiger partial charge in [0.25, 0.3) is 0 Å². The third-order valence-corrected chi connectivity index (χ3v) is 6.06. The maximum absolute atomic E-state index is 4.09. The summed E-state index contributed by atoms with van der Waals surface area (Å²) in [7, 11) is 0. The number of nitrogens with one attached hydrogen (secondary N) is 2. The summed E-state index contributed by atoms with van der Waals surface area (Å²) < 4.78 is 0. The Hall–Kier alpha value is -0.0800. The van der Waals surface area contributed by atoms with Gasteiger partial charge in [0.15, 0.2) is 0 Å². The van der Waals surface area contributed by atoms with Crippen molar-refractivity contribution in [3.63, 3.8) is 0 Å². The fraction of sp³-hybridized carbons (Fsp3) is 1.00. The molecule has 116 valence electrons. The molecule has 2 heteroatoms. The lowest BCUT2D eigenvalue weighted by molar-refractivity contribution is 0.193. The van der Waals surface area contributed by atoms with E-state index in [1.54, 1.807) is 0 Å². The number of rotatable bonds is 3. The van der Waals surface area contributed by atoms with Crippen molar-refractivity contribution in [1.29, 1.82) is 0 Å². The summed E-state index contributed by atoms with van der Waals surface area (Å²) in [6, 6.07) is 2.40. The molecule has 5 atom stereocenters. The lowest BCUT2D eigenvalue weighted by atomic mass is 9.79. The fourth-order valence-corrected chi connectivity index (χ4v) is 5.31. The Bertz CT molecular complexity index is 288. The Morgan fingerprint density at radius 2 is 1.65 bits per heavy atom. The maximum atomic E-state index is 4.09. The summed E-state index contributed by atoms with van der Waals surface area (Å²) >= 11 is 0. The number of hydrogen-bond donors (Lipinski definition) is 2. The van der Waals surface area contributed by atoms with Crippen LogP contribution in [0.1, 0.15) is 71.6 Å². The highest BCUT2D eigenvalue weighted by Gasteiger charge is 2.36. The molecule has 0 aromatic carbocycles. The second-order valence-corrected chi connectivity index (χ2v) is 8.04. The zero-order valence-electron chi connectivity index (χ0n) is 13.5. The summed E-state index contributed by atoms with van der Waals surface area (Å²) in [6.07, 6.45) is 12.8. The van der Waals surface area contributed by atoms with Gasteiger partial charge in [-0.05, 0) is 69.2 Å². The van der Waals surface area contributed by atoms with E-state index in [0.717, 1.165) is 35.9 Å². The number of piperidine rings is 1. The molecule has 0 amide bonds. The van der Waals surface area contributed by atoms with Crippen LogP contribution in [0.15, 0.2) is 0 Å². The Kier molecular flexibility index (Phi) is 5.04. The van der Waals surface area contributed by atoms with Crippen LogP contribution < -0.4 is 10.6 Å². The summed E-state index contributed by atoms with van der Waals surface area (Å²) in [5.74, 6) is 2.75. The second kappa shape index (κ2) is 6.79. The van der Waals surface area contributed by atoms with Gasteiger partial charge in [-0.25, -0.2) is 0 Å². The van der Waals surface area contributed by atoms with E-state index >= 15 is 0 Å². The molecule has 0 spiro atoms. The van der Waals surface area contributed by atoms with E-state index in [1.165, 1.54) is 64.3 Å². The van der Waals surface area contributed by atoms with Crippen molar-refractivity contribution in [3.05, 3.63) is 0 Å². The Morgan fingerprint density at radius 1 is 0.850 bits per heavy atom. The fourth-order valence-electron chi connectivity index (χ4n) is 5.31. The van der Waals surface area contributed by atoms with Gasteiger partial charge < -0.3 is 10.6 Å². The Labute approximate surface area is 125 Å². The predicted octanol–water partition coefficient (Wildman–Crippen LogP) is 3.71. The van der Waals surface area contributed by atoms with E-state index in [4.69, 9.17) is 0 Å². The predicted molar refractivity (Wildman–Crippen MR) is 85.9 cm³/mol. The lowest BCUT2D eigenvalue weighted by Crippen LogP contribution is -2.50. The van der Waals surface area contributed by atoms with Crippen molar-refractivity contribution >= 4 is 0 Å². The van der Waals surface area contributed by atoms with E-state index in [9.17, 15) is 0 Å². The highest BCUT2D eigenvalue weighted by Crippen LogP contribution is 2.34. The van der Waals surface area contributed by atoms with Gasteiger partial charge in [0.1, 0.15) is 0 Å². The summed E-state index contributed by atoms with van der Waals surface area (Å²) in [6.45, 7) is 6.14. The SMILES string of the molecule is CC1CC(C)CC(NC2CCCC2C2CCCCN2)C1. The van der Waals surface area contributed by atoms with Crippen LogP contribution in [0, 0.1) is 17.8 Å². The van der Waals surface area contributed by atoms with Crippen LogP contribution in [0.3, 0.4) is 0 Å². The van der Waals surface area contributed by atoms with Gasteiger partial charge in [0.05, 0.1) is 0 Å². The largest absolute Gasteiger partial charge is 0.314 e. The minimum absolute atomic E-state index is 0.794. The van der Waals surface area contributed by atoms with Crippen LogP contribution in [0.5, 0.6) is 0 Å². The van der Waals surface area contributed by atoms with Gasteiger partial charge >= 0.3 is 0 Å². The van der Waals surface area contributed by atoms with Crippen molar-refractivity contribution in [1.82, 2.24) is 10.6 Å². The first-order chi connectivity index (χ1) is 9.72. The highest BCUT2D eigenvalue weighted by molar-refractivity contribution is 4.94. The van der Waals surface area contributed by atoms with Crippen LogP contribution in [-0.4, -0.2) is 24.7 Å². The first kappa shape index (κ1) is 14.8.